The summed E-state index contributed by atoms with van der Waals surface area (Å²) in [7, 11) is 0. The quantitative estimate of drug-likeness (QED) is 0.808. The number of halogens is 1. The molecule has 0 fully saturated rings. The fourth-order valence-corrected chi connectivity index (χ4v) is 1.34. The van der Waals surface area contributed by atoms with E-state index in [2.05, 4.69) is 5.32 Å². The van der Waals surface area contributed by atoms with Gasteiger partial charge in [-0.05, 0) is 18.6 Å². The lowest BCUT2D eigenvalue weighted by Gasteiger charge is -2.08. The lowest BCUT2D eigenvalue weighted by Crippen LogP contribution is -2.01. The van der Waals surface area contributed by atoms with Gasteiger partial charge in [0.1, 0.15) is 23.9 Å². The van der Waals surface area contributed by atoms with Gasteiger partial charge in [-0.3, -0.25) is 0 Å². The minimum absolute atomic E-state index is 0.109. The summed E-state index contributed by atoms with van der Waals surface area (Å²) in [4.78, 5) is 0. The molecule has 0 aliphatic rings. The minimum atomic E-state index is -0.273. The van der Waals surface area contributed by atoms with E-state index in [1.807, 2.05) is 13.0 Å². The van der Waals surface area contributed by atoms with Gasteiger partial charge in [-0.15, -0.1) is 0 Å². The van der Waals surface area contributed by atoms with Crippen molar-refractivity contribution in [1.82, 2.24) is 0 Å². The van der Waals surface area contributed by atoms with Crippen LogP contribution in [0.2, 0.25) is 5.02 Å². The summed E-state index contributed by atoms with van der Waals surface area (Å²) in [6.07, 6.45) is 0. The summed E-state index contributed by atoms with van der Waals surface area (Å²) in [6.45, 7) is 1.82. The molecule has 1 aromatic rings. The zero-order valence-corrected chi connectivity index (χ0v) is 9.71. The molecule has 0 saturated carbocycles. The second-order valence-corrected chi connectivity index (χ2v) is 3.52. The van der Waals surface area contributed by atoms with Crippen molar-refractivity contribution >= 4 is 17.3 Å². The highest BCUT2D eigenvalue weighted by molar-refractivity contribution is 6.34. The molecule has 0 aliphatic carbocycles. The molecular weight excluding hydrogens is 236 g/mol. The summed E-state index contributed by atoms with van der Waals surface area (Å²) in [5.74, 6) is 0. The molecule has 0 unspecified atom stereocenters. The maximum atomic E-state index is 8.86. The third kappa shape index (κ3) is 2.75. The van der Waals surface area contributed by atoms with Crippen LogP contribution in [0.1, 0.15) is 5.56 Å². The standard InChI is InChI=1S/C12H7ClN4/c1-8-3-2-4-10(12(8)13)17-11(7-16)9(5-14)6-15/h2-4,17H,1H3. The molecule has 0 aromatic heterocycles. The lowest BCUT2D eigenvalue weighted by atomic mass is 10.2. The van der Waals surface area contributed by atoms with E-state index in [9.17, 15) is 0 Å². The summed E-state index contributed by atoms with van der Waals surface area (Å²) in [5.41, 5.74) is 0.947. The highest BCUT2D eigenvalue weighted by Gasteiger charge is 2.09. The third-order valence-electron chi connectivity index (χ3n) is 2.04. The first-order valence-corrected chi connectivity index (χ1v) is 4.98. The van der Waals surface area contributed by atoms with Crippen molar-refractivity contribution in [3.63, 3.8) is 0 Å². The van der Waals surface area contributed by atoms with Crippen LogP contribution >= 0.6 is 11.6 Å². The second-order valence-electron chi connectivity index (χ2n) is 3.15. The first kappa shape index (κ1) is 12.6. The fraction of sp³-hybridized carbons (Fsp3) is 0.0833. The lowest BCUT2D eigenvalue weighted by molar-refractivity contribution is 1.36. The molecule has 1 N–H and O–H groups in total. The van der Waals surface area contributed by atoms with Gasteiger partial charge < -0.3 is 5.32 Å². The normalized spacial score (nSPS) is 8.41. The summed E-state index contributed by atoms with van der Waals surface area (Å²) >= 11 is 6.03. The molecule has 17 heavy (non-hydrogen) atoms. The molecule has 0 radical (unpaired) electrons. The van der Waals surface area contributed by atoms with E-state index >= 15 is 0 Å². The monoisotopic (exact) mass is 242 g/mol. The SMILES string of the molecule is Cc1cccc(NC(C#N)=C(C#N)C#N)c1Cl. The van der Waals surface area contributed by atoms with Crippen molar-refractivity contribution in [2.75, 3.05) is 5.32 Å². The molecule has 1 aromatic carbocycles. The summed E-state index contributed by atoms with van der Waals surface area (Å²) in [6, 6.07) is 10.3. The molecular formula is C12H7ClN4. The van der Waals surface area contributed by atoms with E-state index in [1.54, 1.807) is 30.3 Å². The van der Waals surface area contributed by atoms with Gasteiger partial charge in [-0.2, -0.15) is 15.8 Å². The van der Waals surface area contributed by atoms with Gasteiger partial charge in [0.25, 0.3) is 0 Å². The average molecular weight is 243 g/mol. The Bertz CT molecular complexity index is 580. The maximum Gasteiger partial charge on any atom is 0.163 e. The summed E-state index contributed by atoms with van der Waals surface area (Å²) < 4.78 is 0. The largest absolute Gasteiger partial charge is 0.344 e. The minimum Gasteiger partial charge on any atom is -0.344 e. The molecule has 1 rings (SSSR count). The predicted molar refractivity (Wildman–Crippen MR) is 63.7 cm³/mol. The molecule has 0 heterocycles. The van der Waals surface area contributed by atoms with Gasteiger partial charge in [-0.1, -0.05) is 23.7 Å². The van der Waals surface area contributed by atoms with E-state index in [-0.39, 0.29) is 11.3 Å². The van der Waals surface area contributed by atoms with E-state index in [1.165, 1.54) is 0 Å². The zero-order valence-electron chi connectivity index (χ0n) is 8.95. The number of nitriles is 3. The van der Waals surface area contributed by atoms with Gasteiger partial charge >= 0.3 is 0 Å². The van der Waals surface area contributed by atoms with Crippen molar-refractivity contribution in [1.29, 1.82) is 15.8 Å². The van der Waals surface area contributed by atoms with E-state index < -0.39 is 0 Å². The maximum absolute atomic E-state index is 8.86. The van der Waals surface area contributed by atoms with Gasteiger partial charge in [-0.25, -0.2) is 0 Å². The molecule has 5 heteroatoms. The van der Waals surface area contributed by atoms with Gasteiger partial charge in [0.15, 0.2) is 5.57 Å². The number of hydrogen-bond acceptors (Lipinski definition) is 4. The predicted octanol–water partition coefficient (Wildman–Crippen LogP) is 2.89. The Morgan fingerprint density at radius 2 is 1.82 bits per heavy atom. The zero-order chi connectivity index (χ0) is 12.8. The van der Waals surface area contributed by atoms with Crippen molar-refractivity contribution in [2.45, 2.75) is 6.92 Å². The van der Waals surface area contributed by atoms with Gasteiger partial charge in [0, 0.05) is 0 Å². The molecule has 0 aliphatic heterocycles. The van der Waals surface area contributed by atoms with Crippen molar-refractivity contribution in [3.8, 4) is 18.2 Å². The Morgan fingerprint density at radius 1 is 1.18 bits per heavy atom. The van der Waals surface area contributed by atoms with Crippen LogP contribution < -0.4 is 5.32 Å². The Morgan fingerprint density at radius 3 is 2.35 bits per heavy atom. The Hall–Kier alpha value is -2.48. The number of rotatable bonds is 2. The topological polar surface area (TPSA) is 83.4 Å². The average Bonchev–Trinajstić information content (AvgIpc) is 2.34. The van der Waals surface area contributed by atoms with Crippen LogP contribution in [0, 0.1) is 40.9 Å². The first-order chi connectivity index (χ1) is 8.13. The fourth-order valence-electron chi connectivity index (χ4n) is 1.16. The van der Waals surface area contributed by atoms with Gasteiger partial charge in [0.2, 0.25) is 0 Å². The number of benzene rings is 1. The molecule has 0 atom stereocenters. The van der Waals surface area contributed by atoms with Crippen LogP contribution in [0.3, 0.4) is 0 Å². The number of aryl methyl sites for hydroxylation is 1. The number of nitrogens with zero attached hydrogens (tertiary/aromatic N) is 3. The van der Waals surface area contributed by atoms with Crippen molar-refractivity contribution < 1.29 is 0 Å². The Labute approximate surface area is 104 Å². The van der Waals surface area contributed by atoms with E-state index in [0.717, 1.165) is 5.56 Å². The second kappa shape index (κ2) is 5.56. The molecule has 82 valence electrons. The molecule has 4 nitrogen and oxygen atoms in total. The van der Waals surface area contributed by atoms with Gasteiger partial charge in [0.05, 0.1) is 10.7 Å². The van der Waals surface area contributed by atoms with Crippen LogP contribution in [0.5, 0.6) is 0 Å². The highest BCUT2D eigenvalue weighted by atomic mass is 35.5. The summed E-state index contributed by atoms with van der Waals surface area (Å²) in [5, 5.41) is 29.3. The number of anilines is 1. The van der Waals surface area contributed by atoms with Crippen molar-refractivity contribution in [3.05, 3.63) is 40.1 Å². The molecule has 0 saturated heterocycles. The molecule has 0 spiro atoms. The smallest absolute Gasteiger partial charge is 0.163 e. The third-order valence-corrected chi connectivity index (χ3v) is 2.54. The number of nitrogens with one attached hydrogen (secondary N) is 1. The Kier molecular flexibility index (Phi) is 4.12. The number of allylic oxidation sites excluding steroid dienone is 2. The van der Waals surface area contributed by atoms with E-state index in [0.29, 0.717) is 10.7 Å². The Balaban J connectivity index is 3.21. The van der Waals surface area contributed by atoms with Crippen LogP contribution in [0.15, 0.2) is 29.5 Å². The first-order valence-electron chi connectivity index (χ1n) is 4.60. The highest BCUT2D eigenvalue weighted by Crippen LogP contribution is 2.26. The van der Waals surface area contributed by atoms with Crippen molar-refractivity contribution in [2.24, 2.45) is 0 Å². The molecule has 0 amide bonds. The number of hydrogen-bond donors (Lipinski definition) is 1. The van der Waals surface area contributed by atoms with Crippen LogP contribution in [-0.2, 0) is 0 Å². The van der Waals surface area contributed by atoms with E-state index in [4.69, 9.17) is 27.4 Å². The molecule has 0 bridgehead atoms. The van der Waals surface area contributed by atoms with Crippen LogP contribution in [0.4, 0.5) is 5.69 Å². The van der Waals surface area contributed by atoms with Crippen LogP contribution in [-0.4, -0.2) is 0 Å². The van der Waals surface area contributed by atoms with Crippen LogP contribution in [0.25, 0.3) is 0 Å².